The van der Waals surface area contributed by atoms with Crippen molar-refractivity contribution in [1.82, 2.24) is 0 Å². The van der Waals surface area contributed by atoms with E-state index in [-0.39, 0.29) is 39.7 Å². The summed E-state index contributed by atoms with van der Waals surface area (Å²) in [5, 5.41) is 0. The molecule has 0 bridgehead atoms. The van der Waals surface area contributed by atoms with Crippen molar-refractivity contribution in [3.63, 3.8) is 0 Å². The van der Waals surface area contributed by atoms with Crippen molar-refractivity contribution in [3.8, 4) is 0 Å². The second kappa shape index (κ2) is 18.0. The molecule has 0 aromatic rings. The normalized spacial score (nSPS) is 20.4. The molecule has 0 spiro atoms. The number of hydrogen-bond donors (Lipinski definition) is 0. The third kappa shape index (κ3) is 13.1. The molecule has 128 valence electrons. The summed E-state index contributed by atoms with van der Waals surface area (Å²) >= 11 is 1.58. The van der Waals surface area contributed by atoms with E-state index in [0.29, 0.717) is 11.8 Å². The van der Waals surface area contributed by atoms with Crippen molar-refractivity contribution >= 4 is 6.88 Å². The molecule has 0 aromatic carbocycles. The van der Waals surface area contributed by atoms with E-state index in [2.05, 4.69) is 65.8 Å². The van der Waals surface area contributed by atoms with Crippen molar-refractivity contribution in [2.45, 2.75) is 41.5 Å². The summed E-state index contributed by atoms with van der Waals surface area (Å²) < 4.78 is 0. The summed E-state index contributed by atoms with van der Waals surface area (Å²) in [7, 11) is 0. The quantitative estimate of drug-likeness (QED) is 0.326. The standard InChI is InChI=1S/2C8H11.2CH3.2ClH.H2Si.Zr/c2*1-6-4-7(2)8(3)5-6;;;;;;/h4,8H,1-3H3;4,6H,1-3H3;2*1H3;2*1H;1H2;/q4*-1;;;;+2/p-2. The van der Waals surface area contributed by atoms with Gasteiger partial charge in [0.25, 0.3) is 0 Å². The van der Waals surface area contributed by atoms with E-state index in [4.69, 9.17) is 0 Å². The Bertz CT molecular complexity index is 391. The molecule has 0 amide bonds. The summed E-state index contributed by atoms with van der Waals surface area (Å²) in [4.78, 5) is 0. The van der Waals surface area contributed by atoms with Gasteiger partial charge in [-0.25, -0.2) is 22.8 Å². The van der Waals surface area contributed by atoms with Gasteiger partial charge in [-0.15, -0.1) is 6.92 Å². The molecule has 0 radical (unpaired) electrons. The van der Waals surface area contributed by atoms with Gasteiger partial charge in [-0.3, -0.25) is 12.2 Å². The van der Waals surface area contributed by atoms with Gasteiger partial charge in [0.05, 0.1) is 0 Å². The first kappa shape index (κ1) is 34.1. The van der Waals surface area contributed by atoms with Crippen LogP contribution in [0.1, 0.15) is 41.5 Å². The molecular formula is C18H30Cl2SiZr-4. The molecule has 0 nitrogen and oxygen atoms in total. The third-order valence-electron chi connectivity index (χ3n) is 3.11. The molecule has 4 heteroatoms. The van der Waals surface area contributed by atoms with Crippen molar-refractivity contribution in [2.24, 2.45) is 11.8 Å². The van der Waals surface area contributed by atoms with Crippen LogP contribution in [0.4, 0.5) is 0 Å². The zero-order valence-corrected chi connectivity index (χ0v) is 20.7. The van der Waals surface area contributed by atoms with E-state index in [1.807, 2.05) is 6.88 Å². The Hall–Kier alpha value is 0.640. The molecule has 2 unspecified atom stereocenters. The fourth-order valence-electron chi connectivity index (χ4n) is 1.96. The molecule has 0 aliphatic heterocycles. The van der Waals surface area contributed by atoms with Crippen LogP contribution in [-0.4, -0.2) is 6.88 Å². The van der Waals surface area contributed by atoms with Gasteiger partial charge < -0.3 is 39.7 Å². The Labute approximate surface area is 169 Å². The Morgan fingerprint density at radius 1 is 0.955 bits per heavy atom. The van der Waals surface area contributed by atoms with Crippen molar-refractivity contribution in [1.29, 1.82) is 0 Å². The Balaban J connectivity index is -0.0000000676. The molecule has 22 heavy (non-hydrogen) atoms. The molecule has 0 saturated heterocycles. The van der Waals surface area contributed by atoms with Crippen LogP contribution in [0.3, 0.4) is 0 Å². The van der Waals surface area contributed by atoms with Crippen molar-refractivity contribution < 1.29 is 48.1 Å². The summed E-state index contributed by atoms with van der Waals surface area (Å²) in [6.45, 7) is 14.7. The number of halogens is 2. The number of hydrogen-bond acceptors (Lipinski definition) is 0. The minimum absolute atomic E-state index is 0. The minimum atomic E-state index is 0. The van der Waals surface area contributed by atoms with Gasteiger partial charge in [0.2, 0.25) is 0 Å². The molecule has 2 rings (SSSR count). The van der Waals surface area contributed by atoms with E-state index in [0.717, 1.165) is 0 Å². The average Bonchev–Trinajstić information content (AvgIpc) is 2.74. The first-order chi connectivity index (χ1) is 8.40. The van der Waals surface area contributed by atoms with Gasteiger partial charge in [-0.05, 0) is 0 Å². The van der Waals surface area contributed by atoms with Crippen molar-refractivity contribution in [2.75, 3.05) is 0 Å². The number of allylic oxidation sites excluding steroid dienone is 8. The van der Waals surface area contributed by atoms with Gasteiger partial charge in [0.15, 0.2) is 0 Å². The predicted octanol–water partition coefficient (Wildman–Crippen LogP) is -1.35. The molecule has 2 aliphatic carbocycles. The maximum absolute atomic E-state index is 3.29. The zero-order valence-electron chi connectivity index (χ0n) is 15.3. The number of rotatable bonds is 0. The fraction of sp³-hybridized carbons (Fsp3) is 0.444. The van der Waals surface area contributed by atoms with Gasteiger partial charge >= 0.3 is 30.2 Å². The zero-order chi connectivity index (χ0) is 14.3. The van der Waals surface area contributed by atoms with Gasteiger partial charge in [0, 0.05) is 0 Å². The first-order valence-electron chi connectivity index (χ1n) is 6.32. The van der Waals surface area contributed by atoms with Gasteiger partial charge in [-0.2, -0.15) is 11.6 Å². The van der Waals surface area contributed by atoms with Gasteiger partial charge in [-0.1, -0.05) is 46.5 Å². The van der Waals surface area contributed by atoms with Crippen LogP contribution in [0.2, 0.25) is 0 Å². The predicted molar refractivity (Wildman–Crippen MR) is 92.1 cm³/mol. The van der Waals surface area contributed by atoms with Crippen LogP contribution in [0.15, 0.2) is 34.4 Å². The fourth-order valence-corrected chi connectivity index (χ4v) is 1.96. The van der Waals surface area contributed by atoms with Crippen LogP contribution < -0.4 is 24.8 Å². The second-order valence-corrected chi connectivity index (χ2v) is 4.85. The van der Waals surface area contributed by atoms with Crippen LogP contribution in [0, 0.1) is 38.8 Å². The molecule has 2 atom stereocenters. The van der Waals surface area contributed by atoms with Crippen LogP contribution in [0.5, 0.6) is 0 Å². The van der Waals surface area contributed by atoms with Crippen LogP contribution in [-0.2, 0) is 23.3 Å². The first-order valence-corrected chi connectivity index (χ1v) is 12.2. The molecule has 0 aromatic heterocycles. The van der Waals surface area contributed by atoms with Crippen LogP contribution >= 0.6 is 0 Å². The Morgan fingerprint density at radius 2 is 1.41 bits per heavy atom. The molecular weight excluding hydrogens is 406 g/mol. The Morgan fingerprint density at radius 3 is 1.50 bits per heavy atom. The van der Waals surface area contributed by atoms with E-state index in [1.165, 1.54) is 22.3 Å². The molecule has 0 saturated carbocycles. The van der Waals surface area contributed by atoms with Crippen molar-refractivity contribution in [3.05, 3.63) is 61.4 Å². The van der Waals surface area contributed by atoms with E-state index in [9.17, 15) is 0 Å². The summed E-state index contributed by atoms with van der Waals surface area (Å²) in [6, 6.07) is 0. The SMILES string of the molecule is CC1=[C-]C(C)C(C)=C1.CC1=[C-]C(C)C=C1C.[CH3-].[CH3-].[Cl-].[Cl-].[SiH2]=[Zr+2]. The van der Waals surface area contributed by atoms with E-state index >= 15 is 0 Å². The maximum atomic E-state index is 3.29. The van der Waals surface area contributed by atoms with Crippen LogP contribution in [0.25, 0.3) is 0 Å². The summed E-state index contributed by atoms with van der Waals surface area (Å²) in [5.74, 6) is 1.12. The van der Waals surface area contributed by atoms with E-state index < -0.39 is 0 Å². The monoisotopic (exact) mass is 434 g/mol. The summed E-state index contributed by atoms with van der Waals surface area (Å²) in [6.07, 6.45) is 11.0. The van der Waals surface area contributed by atoms with E-state index in [1.54, 1.807) is 23.3 Å². The van der Waals surface area contributed by atoms with Gasteiger partial charge in [0.1, 0.15) is 0 Å². The molecule has 2 aliphatic rings. The Kier molecular flexibility index (Phi) is 27.9. The molecule has 0 fully saturated rings. The molecule has 0 heterocycles. The second-order valence-electron chi connectivity index (χ2n) is 4.85. The molecule has 0 N–H and O–H groups in total. The topological polar surface area (TPSA) is 0 Å². The third-order valence-corrected chi connectivity index (χ3v) is 3.11. The summed E-state index contributed by atoms with van der Waals surface area (Å²) in [5.41, 5.74) is 5.42. The average molecular weight is 437 g/mol.